The van der Waals surface area contributed by atoms with Crippen LogP contribution in [0.5, 0.6) is 5.75 Å². The second kappa shape index (κ2) is 5.73. The Kier molecular flexibility index (Phi) is 4.18. The van der Waals surface area contributed by atoms with E-state index >= 15 is 0 Å². The first-order chi connectivity index (χ1) is 9.94. The van der Waals surface area contributed by atoms with Crippen LogP contribution in [0.15, 0.2) is 18.2 Å². The number of aromatic carboxylic acids is 1. The van der Waals surface area contributed by atoms with Crippen molar-refractivity contribution in [1.29, 1.82) is 0 Å². The standard InChI is InChI=1S/C15H20N2O4/c1-3-15(16,4-2)14(20)17-8-9-21-12-10(13(18)19)6-5-7-11(12)17/h5-7H,3-4,8-9,16H2,1-2H3,(H,18,19). The zero-order valence-corrected chi connectivity index (χ0v) is 12.3. The predicted molar refractivity (Wildman–Crippen MR) is 78.7 cm³/mol. The lowest BCUT2D eigenvalue weighted by molar-refractivity contribution is -0.124. The van der Waals surface area contributed by atoms with Crippen molar-refractivity contribution in [1.82, 2.24) is 0 Å². The molecule has 114 valence electrons. The number of para-hydroxylation sites is 1. The fourth-order valence-electron chi connectivity index (χ4n) is 2.45. The summed E-state index contributed by atoms with van der Waals surface area (Å²) in [4.78, 5) is 25.5. The molecule has 0 saturated heterocycles. The van der Waals surface area contributed by atoms with E-state index in [1.54, 1.807) is 12.1 Å². The van der Waals surface area contributed by atoms with Crippen molar-refractivity contribution < 1.29 is 19.4 Å². The van der Waals surface area contributed by atoms with Gasteiger partial charge in [-0.3, -0.25) is 4.79 Å². The average Bonchev–Trinajstić information content (AvgIpc) is 2.52. The molecule has 0 spiro atoms. The number of ether oxygens (including phenoxy) is 1. The van der Waals surface area contributed by atoms with Crippen LogP contribution in [0.4, 0.5) is 5.69 Å². The van der Waals surface area contributed by atoms with Crippen LogP contribution in [-0.2, 0) is 4.79 Å². The van der Waals surface area contributed by atoms with Gasteiger partial charge in [-0.1, -0.05) is 19.9 Å². The number of anilines is 1. The topological polar surface area (TPSA) is 92.9 Å². The molecule has 0 fully saturated rings. The molecule has 0 aliphatic carbocycles. The molecule has 0 bridgehead atoms. The van der Waals surface area contributed by atoms with E-state index in [1.807, 2.05) is 13.8 Å². The van der Waals surface area contributed by atoms with Crippen LogP contribution < -0.4 is 15.4 Å². The van der Waals surface area contributed by atoms with Crippen LogP contribution in [0.1, 0.15) is 37.0 Å². The van der Waals surface area contributed by atoms with Gasteiger partial charge in [0.05, 0.1) is 17.8 Å². The van der Waals surface area contributed by atoms with Gasteiger partial charge in [0.25, 0.3) is 0 Å². The quantitative estimate of drug-likeness (QED) is 0.879. The van der Waals surface area contributed by atoms with Crippen molar-refractivity contribution in [3.63, 3.8) is 0 Å². The highest BCUT2D eigenvalue weighted by atomic mass is 16.5. The van der Waals surface area contributed by atoms with E-state index in [2.05, 4.69) is 0 Å². The summed E-state index contributed by atoms with van der Waals surface area (Å²) in [7, 11) is 0. The van der Waals surface area contributed by atoms with Crippen LogP contribution in [0.25, 0.3) is 0 Å². The molecule has 3 N–H and O–H groups in total. The Morgan fingerprint density at radius 3 is 2.62 bits per heavy atom. The van der Waals surface area contributed by atoms with E-state index in [1.165, 1.54) is 11.0 Å². The first kappa shape index (κ1) is 15.3. The minimum Gasteiger partial charge on any atom is -0.489 e. The Balaban J connectivity index is 2.46. The number of carbonyl (C=O) groups is 2. The average molecular weight is 292 g/mol. The number of carboxylic acid groups (broad SMARTS) is 1. The zero-order valence-electron chi connectivity index (χ0n) is 12.3. The number of fused-ring (bicyclic) bond motifs is 1. The van der Waals surface area contributed by atoms with Gasteiger partial charge in [0.2, 0.25) is 5.91 Å². The molecule has 0 saturated carbocycles. The zero-order chi connectivity index (χ0) is 15.6. The van der Waals surface area contributed by atoms with Crippen molar-refractivity contribution in [2.24, 2.45) is 5.73 Å². The highest BCUT2D eigenvalue weighted by Crippen LogP contribution is 2.36. The van der Waals surface area contributed by atoms with Crippen molar-refractivity contribution in [3.8, 4) is 5.75 Å². The molecule has 1 aromatic carbocycles. The maximum absolute atomic E-state index is 12.7. The van der Waals surface area contributed by atoms with Crippen molar-refractivity contribution in [3.05, 3.63) is 23.8 Å². The lowest BCUT2D eigenvalue weighted by Crippen LogP contribution is -2.56. The molecule has 0 unspecified atom stereocenters. The lowest BCUT2D eigenvalue weighted by Gasteiger charge is -2.36. The van der Waals surface area contributed by atoms with Gasteiger partial charge in [-0.05, 0) is 25.0 Å². The lowest BCUT2D eigenvalue weighted by atomic mass is 9.92. The molecule has 0 radical (unpaired) electrons. The highest BCUT2D eigenvalue weighted by Gasteiger charge is 2.37. The molecule has 1 aliphatic rings. The summed E-state index contributed by atoms with van der Waals surface area (Å²) < 4.78 is 5.46. The number of nitrogens with zero attached hydrogens (tertiary/aromatic N) is 1. The van der Waals surface area contributed by atoms with E-state index in [9.17, 15) is 14.7 Å². The summed E-state index contributed by atoms with van der Waals surface area (Å²) in [5, 5.41) is 9.21. The normalized spacial score (nSPS) is 14.3. The number of hydrogen-bond acceptors (Lipinski definition) is 4. The third-order valence-corrected chi connectivity index (χ3v) is 4.01. The van der Waals surface area contributed by atoms with Crippen LogP contribution in [-0.4, -0.2) is 35.7 Å². The summed E-state index contributed by atoms with van der Waals surface area (Å²) in [5.74, 6) is -1.04. The van der Waals surface area contributed by atoms with Crippen molar-refractivity contribution >= 4 is 17.6 Å². The molecule has 6 heteroatoms. The summed E-state index contributed by atoms with van der Waals surface area (Å²) in [6.45, 7) is 4.37. The summed E-state index contributed by atoms with van der Waals surface area (Å²) in [5.41, 5.74) is 5.77. The van der Waals surface area contributed by atoms with Gasteiger partial charge in [-0.2, -0.15) is 0 Å². The van der Waals surface area contributed by atoms with Gasteiger partial charge in [0.1, 0.15) is 12.2 Å². The van der Waals surface area contributed by atoms with E-state index in [4.69, 9.17) is 10.5 Å². The van der Waals surface area contributed by atoms with Crippen LogP contribution in [0.2, 0.25) is 0 Å². The number of carboxylic acids is 1. The molecular formula is C15H20N2O4. The van der Waals surface area contributed by atoms with Gasteiger partial charge in [0, 0.05) is 0 Å². The second-order valence-corrected chi connectivity index (χ2v) is 5.13. The molecule has 2 rings (SSSR count). The highest BCUT2D eigenvalue weighted by molar-refractivity contribution is 6.03. The Hall–Kier alpha value is -2.08. The Bertz CT molecular complexity index is 567. The maximum atomic E-state index is 12.7. The third-order valence-electron chi connectivity index (χ3n) is 4.01. The Morgan fingerprint density at radius 1 is 1.38 bits per heavy atom. The van der Waals surface area contributed by atoms with Crippen molar-refractivity contribution in [2.45, 2.75) is 32.2 Å². The van der Waals surface area contributed by atoms with Crippen LogP contribution in [0.3, 0.4) is 0 Å². The summed E-state index contributed by atoms with van der Waals surface area (Å²) in [6.07, 6.45) is 1.04. The molecule has 0 atom stereocenters. The molecule has 1 amide bonds. The number of nitrogens with two attached hydrogens (primary N) is 1. The van der Waals surface area contributed by atoms with Crippen molar-refractivity contribution in [2.75, 3.05) is 18.1 Å². The molecule has 0 aromatic heterocycles. The van der Waals surface area contributed by atoms with Gasteiger partial charge in [-0.25, -0.2) is 4.79 Å². The Morgan fingerprint density at radius 2 is 2.05 bits per heavy atom. The van der Waals surface area contributed by atoms with E-state index < -0.39 is 11.5 Å². The number of hydrogen-bond donors (Lipinski definition) is 2. The molecule has 1 aromatic rings. The second-order valence-electron chi connectivity index (χ2n) is 5.13. The van der Waals surface area contributed by atoms with Gasteiger partial charge in [-0.15, -0.1) is 0 Å². The molecule has 21 heavy (non-hydrogen) atoms. The van der Waals surface area contributed by atoms with Crippen LogP contribution >= 0.6 is 0 Å². The fourth-order valence-corrected chi connectivity index (χ4v) is 2.45. The number of rotatable bonds is 4. The molecule has 6 nitrogen and oxygen atoms in total. The number of amides is 1. The largest absolute Gasteiger partial charge is 0.489 e. The fraction of sp³-hybridized carbons (Fsp3) is 0.467. The predicted octanol–water partition coefficient (Wildman–Crippen LogP) is 1.63. The summed E-state index contributed by atoms with van der Waals surface area (Å²) in [6, 6.07) is 4.75. The van der Waals surface area contributed by atoms with E-state index in [0.29, 0.717) is 25.1 Å². The number of carbonyl (C=O) groups excluding carboxylic acids is 1. The van der Waals surface area contributed by atoms with Gasteiger partial charge < -0.3 is 20.5 Å². The van der Waals surface area contributed by atoms with Gasteiger partial charge >= 0.3 is 5.97 Å². The molecule has 1 heterocycles. The summed E-state index contributed by atoms with van der Waals surface area (Å²) >= 11 is 0. The molecular weight excluding hydrogens is 272 g/mol. The molecule has 1 aliphatic heterocycles. The van der Waals surface area contributed by atoms with Gasteiger partial charge in [0.15, 0.2) is 5.75 Å². The smallest absolute Gasteiger partial charge is 0.339 e. The first-order valence-electron chi connectivity index (χ1n) is 7.04. The monoisotopic (exact) mass is 292 g/mol. The minimum atomic E-state index is -1.08. The van der Waals surface area contributed by atoms with E-state index in [-0.39, 0.29) is 23.8 Å². The minimum absolute atomic E-state index is 0.0561. The maximum Gasteiger partial charge on any atom is 0.339 e. The Labute approximate surface area is 123 Å². The first-order valence-corrected chi connectivity index (χ1v) is 7.04. The van der Waals surface area contributed by atoms with E-state index in [0.717, 1.165) is 0 Å². The SMILES string of the molecule is CCC(N)(CC)C(=O)N1CCOc2c(C(=O)O)cccc21. The third kappa shape index (κ3) is 2.58. The number of benzene rings is 1. The van der Waals surface area contributed by atoms with Crippen LogP contribution in [0, 0.1) is 0 Å².